The molecule has 2 aromatic rings. The Labute approximate surface area is 105 Å². The summed E-state index contributed by atoms with van der Waals surface area (Å²) in [6, 6.07) is 6.05. The molecule has 0 amide bonds. The van der Waals surface area contributed by atoms with Gasteiger partial charge < -0.3 is 0 Å². The lowest BCUT2D eigenvalue weighted by molar-refractivity contribution is -0.141. The molecule has 0 spiro atoms. The summed E-state index contributed by atoms with van der Waals surface area (Å²) in [6.07, 6.45) is -4.58. The normalized spacial score (nSPS) is 11.4. The highest BCUT2D eigenvalue weighted by atomic mass is 19.4. The average molecular weight is 269 g/mol. The zero-order valence-electron chi connectivity index (χ0n) is 9.66. The second kappa shape index (κ2) is 4.39. The predicted octanol–water partition coefficient (Wildman–Crippen LogP) is 3.21. The first-order chi connectivity index (χ1) is 8.82. The summed E-state index contributed by atoms with van der Waals surface area (Å²) in [5, 5.41) is 11.9. The molecule has 2 rings (SSSR count). The molecule has 0 bridgehead atoms. The summed E-state index contributed by atoms with van der Waals surface area (Å²) in [4.78, 5) is 0. The van der Waals surface area contributed by atoms with Gasteiger partial charge in [0.2, 0.25) is 0 Å². The van der Waals surface area contributed by atoms with Crippen molar-refractivity contribution in [3.8, 4) is 11.8 Å². The molecular formula is C12H7F4N3. The maximum absolute atomic E-state index is 13.7. The fraction of sp³-hybridized carbons (Fsp3) is 0.167. The van der Waals surface area contributed by atoms with Crippen LogP contribution in [0, 0.1) is 24.1 Å². The van der Waals surface area contributed by atoms with Crippen molar-refractivity contribution in [1.29, 1.82) is 5.26 Å². The summed E-state index contributed by atoms with van der Waals surface area (Å²) in [5.41, 5.74) is -0.987. The van der Waals surface area contributed by atoms with E-state index in [-0.39, 0.29) is 16.9 Å². The molecule has 1 aromatic carbocycles. The van der Waals surface area contributed by atoms with Crippen molar-refractivity contribution in [2.45, 2.75) is 13.1 Å². The number of alkyl halides is 3. The minimum atomic E-state index is -4.58. The number of hydrogen-bond donors (Lipinski definition) is 0. The molecule has 0 aliphatic heterocycles. The lowest BCUT2D eigenvalue weighted by Gasteiger charge is -2.06. The number of nitrogens with zero attached hydrogens (tertiary/aromatic N) is 3. The van der Waals surface area contributed by atoms with E-state index in [9.17, 15) is 17.6 Å². The molecule has 1 aromatic heterocycles. The molecule has 19 heavy (non-hydrogen) atoms. The fourth-order valence-electron chi connectivity index (χ4n) is 1.61. The zero-order chi connectivity index (χ0) is 14.2. The first-order valence-electron chi connectivity index (χ1n) is 5.17. The number of aryl methyl sites for hydroxylation is 1. The van der Waals surface area contributed by atoms with Crippen LogP contribution in [0.5, 0.6) is 0 Å². The molecule has 3 nitrogen and oxygen atoms in total. The molecule has 0 radical (unpaired) electrons. The highest BCUT2D eigenvalue weighted by molar-refractivity contribution is 5.41. The second-order valence-corrected chi connectivity index (χ2v) is 3.86. The molecule has 0 unspecified atom stereocenters. The Morgan fingerprint density at radius 1 is 1.26 bits per heavy atom. The highest BCUT2D eigenvalue weighted by Crippen LogP contribution is 2.29. The van der Waals surface area contributed by atoms with Gasteiger partial charge in [-0.3, -0.25) is 0 Å². The van der Waals surface area contributed by atoms with Gasteiger partial charge in [-0.25, -0.2) is 9.07 Å². The number of hydrogen-bond acceptors (Lipinski definition) is 2. The Morgan fingerprint density at radius 2 is 1.95 bits per heavy atom. The topological polar surface area (TPSA) is 41.6 Å². The van der Waals surface area contributed by atoms with E-state index in [1.165, 1.54) is 19.1 Å². The standard InChI is InChI=1S/C12H7F4N3/c1-7-4-11(12(14,15)16)18-19(7)10-3-2-8(6-17)5-9(10)13/h2-5H,1H3. The summed E-state index contributed by atoms with van der Waals surface area (Å²) in [7, 11) is 0. The van der Waals surface area contributed by atoms with Crippen LogP contribution in [0.3, 0.4) is 0 Å². The van der Waals surface area contributed by atoms with Crippen LogP contribution < -0.4 is 0 Å². The Kier molecular flexibility index (Phi) is 3.02. The van der Waals surface area contributed by atoms with E-state index in [4.69, 9.17) is 5.26 Å². The molecule has 0 aliphatic rings. The van der Waals surface area contributed by atoms with E-state index in [1.54, 1.807) is 6.07 Å². The summed E-state index contributed by atoms with van der Waals surface area (Å²) < 4.78 is 52.1. The van der Waals surface area contributed by atoms with Gasteiger partial charge in [0.05, 0.1) is 11.6 Å². The van der Waals surface area contributed by atoms with Crippen molar-refractivity contribution in [1.82, 2.24) is 9.78 Å². The molecule has 0 atom stereocenters. The van der Waals surface area contributed by atoms with E-state index < -0.39 is 17.7 Å². The van der Waals surface area contributed by atoms with Crippen LogP contribution in [0.4, 0.5) is 17.6 Å². The van der Waals surface area contributed by atoms with Gasteiger partial charge in [-0.2, -0.15) is 23.5 Å². The van der Waals surface area contributed by atoms with E-state index in [0.29, 0.717) is 0 Å². The Balaban J connectivity index is 2.54. The summed E-state index contributed by atoms with van der Waals surface area (Å²) in [5.74, 6) is -0.807. The number of rotatable bonds is 1. The van der Waals surface area contributed by atoms with E-state index in [2.05, 4.69) is 5.10 Å². The van der Waals surface area contributed by atoms with Crippen LogP contribution in [-0.2, 0) is 6.18 Å². The largest absolute Gasteiger partial charge is 0.435 e. The Hall–Kier alpha value is -2.36. The molecular weight excluding hydrogens is 262 g/mol. The SMILES string of the molecule is Cc1cc(C(F)(F)F)nn1-c1ccc(C#N)cc1F. The first kappa shape index (κ1) is 13.1. The van der Waals surface area contributed by atoms with Crippen LogP contribution in [0.15, 0.2) is 24.3 Å². The molecule has 0 saturated heterocycles. The van der Waals surface area contributed by atoms with Crippen molar-refractivity contribution in [3.05, 3.63) is 47.0 Å². The van der Waals surface area contributed by atoms with Crippen molar-refractivity contribution in [2.75, 3.05) is 0 Å². The lowest BCUT2D eigenvalue weighted by Crippen LogP contribution is -2.08. The number of halogens is 4. The van der Waals surface area contributed by atoms with Gasteiger partial charge in [0.15, 0.2) is 5.69 Å². The van der Waals surface area contributed by atoms with Crippen molar-refractivity contribution < 1.29 is 17.6 Å². The second-order valence-electron chi connectivity index (χ2n) is 3.86. The molecule has 1 heterocycles. The number of benzene rings is 1. The monoisotopic (exact) mass is 269 g/mol. The van der Waals surface area contributed by atoms with Crippen molar-refractivity contribution in [3.63, 3.8) is 0 Å². The van der Waals surface area contributed by atoms with Gasteiger partial charge in [0, 0.05) is 5.69 Å². The van der Waals surface area contributed by atoms with Gasteiger partial charge in [0.25, 0.3) is 0 Å². The molecule has 7 heteroatoms. The van der Waals surface area contributed by atoms with E-state index in [1.807, 2.05) is 0 Å². The zero-order valence-corrected chi connectivity index (χ0v) is 9.66. The first-order valence-corrected chi connectivity index (χ1v) is 5.17. The van der Waals surface area contributed by atoms with Crippen LogP contribution >= 0.6 is 0 Å². The fourth-order valence-corrected chi connectivity index (χ4v) is 1.61. The van der Waals surface area contributed by atoms with Crippen LogP contribution in [-0.4, -0.2) is 9.78 Å². The summed E-state index contributed by atoms with van der Waals surface area (Å²) >= 11 is 0. The number of nitriles is 1. The van der Waals surface area contributed by atoms with Crippen LogP contribution in [0.1, 0.15) is 17.0 Å². The van der Waals surface area contributed by atoms with E-state index >= 15 is 0 Å². The third kappa shape index (κ3) is 2.42. The maximum atomic E-state index is 13.7. The molecule has 0 N–H and O–H groups in total. The van der Waals surface area contributed by atoms with Crippen LogP contribution in [0.2, 0.25) is 0 Å². The minimum Gasteiger partial charge on any atom is -0.235 e. The third-order valence-corrected chi connectivity index (χ3v) is 2.48. The Bertz CT molecular complexity index is 665. The predicted molar refractivity (Wildman–Crippen MR) is 58.0 cm³/mol. The Morgan fingerprint density at radius 3 is 2.42 bits per heavy atom. The quantitative estimate of drug-likeness (QED) is 0.746. The molecule has 0 aliphatic carbocycles. The number of aromatic nitrogens is 2. The van der Waals surface area contributed by atoms with Gasteiger partial charge in [-0.05, 0) is 31.2 Å². The van der Waals surface area contributed by atoms with Crippen LogP contribution in [0.25, 0.3) is 5.69 Å². The molecule has 0 fully saturated rings. The average Bonchev–Trinajstić information content (AvgIpc) is 2.71. The highest BCUT2D eigenvalue weighted by Gasteiger charge is 2.34. The summed E-state index contributed by atoms with van der Waals surface area (Å²) in [6.45, 7) is 1.39. The van der Waals surface area contributed by atoms with Gasteiger partial charge in [-0.15, -0.1) is 0 Å². The van der Waals surface area contributed by atoms with Gasteiger partial charge >= 0.3 is 6.18 Å². The minimum absolute atomic E-state index is 0.0853. The van der Waals surface area contributed by atoms with Gasteiger partial charge in [0.1, 0.15) is 11.5 Å². The molecule has 98 valence electrons. The van der Waals surface area contributed by atoms with Crippen molar-refractivity contribution >= 4 is 0 Å². The maximum Gasteiger partial charge on any atom is 0.435 e. The third-order valence-electron chi connectivity index (χ3n) is 2.48. The van der Waals surface area contributed by atoms with Gasteiger partial charge in [-0.1, -0.05) is 0 Å². The smallest absolute Gasteiger partial charge is 0.235 e. The lowest BCUT2D eigenvalue weighted by atomic mass is 10.2. The van der Waals surface area contributed by atoms with E-state index in [0.717, 1.165) is 16.8 Å². The molecule has 0 saturated carbocycles. The van der Waals surface area contributed by atoms with Crippen molar-refractivity contribution in [2.24, 2.45) is 0 Å².